The van der Waals surface area contributed by atoms with Crippen LogP contribution in [0.4, 0.5) is 36.6 Å². The van der Waals surface area contributed by atoms with Crippen LogP contribution in [-0.2, 0) is 55.4 Å². The number of alkyl halides is 2. The molecule has 9 heterocycles. The number of fused-ring (bicyclic) bond motifs is 4. The number of amides is 3. The Kier molecular flexibility index (Phi) is 15.0. The van der Waals surface area contributed by atoms with Crippen molar-refractivity contribution in [1.29, 1.82) is 10.5 Å². The number of carbonyl (C=O) groups is 2. The minimum atomic E-state index is -2.64. The first-order valence-electron chi connectivity index (χ1n) is 27.9. The van der Waals surface area contributed by atoms with Crippen LogP contribution in [0.3, 0.4) is 0 Å². The fourth-order valence-electron chi connectivity index (χ4n) is 12.7. The Balaban J connectivity index is 0.000000166. The summed E-state index contributed by atoms with van der Waals surface area (Å²) in [7, 11) is 3.46. The van der Waals surface area contributed by atoms with Crippen LogP contribution in [0.5, 0.6) is 0 Å². The van der Waals surface area contributed by atoms with Crippen LogP contribution in [0.1, 0.15) is 134 Å². The third-order valence-electron chi connectivity index (χ3n) is 16.8. The molecule has 3 amide bonds. The molecule has 0 atom stereocenters. The molecule has 1 saturated carbocycles. The largest absolute Gasteiger partial charge is 0.381 e. The summed E-state index contributed by atoms with van der Waals surface area (Å²) in [5.41, 5.74) is 13.1. The number of anilines is 4. The second-order valence-corrected chi connectivity index (χ2v) is 21.7. The summed E-state index contributed by atoms with van der Waals surface area (Å²) in [5, 5.41) is 36.9. The van der Waals surface area contributed by atoms with Gasteiger partial charge in [-0.2, -0.15) is 25.8 Å². The molecule has 0 unspecified atom stereocenters. The van der Waals surface area contributed by atoms with Crippen molar-refractivity contribution in [3.63, 3.8) is 0 Å². The zero-order chi connectivity index (χ0) is 54.2. The Morgan fingerprint density at radius 2 is 1.40 bits per heavy atom. The van der Waals surface area contributed by atoms with Crippen molar-refractivity contribution in [2.24, 2.45) is 13.0 Å². The van der Waals surface area contributed by atoms with Gasteiger partial charge in [0.1, 0.15) is 0 Å². The molecule has 2 aromatic carbocycles. The summed E-state index contributed by atoms with van der Waals surface area (Å²) in [5.74, 6) is 1.89. The van der Waals surface area contributed by atoms with Crippen molar-refractivity contribution in [3.8, 4) is 34.5 Å². The maximum absolute atomic E-state index is 14.4. The normalized spacial score (nSPS) is 19.2. The molecule has 5 aliphatic heterocycles. The van der Waals surface area contributed by atoms with Gasteiger partial charge in [-0.25, -0.2) is 13.6 Å². The Morgan fingerprint density at radius 1 is 0.782 bits per heavy atom. The van der Waals surface area contributed by atoms with E-state index in [2.05, 4.69) is 52.8 Å². The molecule has 2 fully saturated rings. The lowest BCUT2D eigenvalue weighted by Gasteiger charge is -2.33. The van der Waals surface area contributed by atoms with Crippen molar-refractivity contribution in [2.45, 2.75) is 129 Å². The Bertz CT molecular complexity index is 3300. The first kappa shape index (κ1) is 52.4. The standard InChI is InChI=1S/C30H35F2N7O.C29H33N7O2/c1-3-28(40)37-12-10-26-25(18-37)30(35-39(26)22-8-6-19(15-33)7-9-22)38-11-4-5-20-13-23(21-16-34-36(2)17-21)24(29(31)32)14-27(20)38;1-19-5-6-25(32-17-19)23-14-20-4-3-10-35(27(20)15-21(23)16-30)28-24-18-34(29(37)31-2)11-7-26(24)36(33-28)22-8-12-38-13-9-22/h13-14,16-17,19,22,29H,3-12,18H2,1-2H3;5-6,14-15,17,22H,3-4,7-13,18H2,1-2H3,(H,31,37). The quantitative estimate of drug-likeness (QED) is 0.153. The number of nitriles is 2. The average Bonchev–Trinajstić information content (AvgIpc) is 4.38. The summed E-state index contributed by atoms with van der Waals surface area (Å²) in [4.78, 5) is 38.0. The summed E-state index contributed by atoms with van der Waals surface area (Å²) in [6, 6.07) is 17.0. The Hall–Kier alpha value is -7.64. The molecule has 0 bridgehead atoms. The van der Waals surface area contributed by atoms with Crippen LogP contribution < -0.4 is 15.1 Å². The molecular formula is C59H68F2N14O3. The van der Waals surface area contributed by atoms with Gasteiger partial charge >= 0.3 is 6.03 Å². The van der Waals surface area contributed by atoms with E-state index in [1.165, 1.54) is 11.3 Å². The van der Waals surface area contributed by atoms with Crippen molar-refractivity contribution < 1.29 is 23.1 Å². The number of rotatable bonds is 8. The monoisotopic (exact) mass is 1060 g/mol. The molecule has 0 radical (unpaired) electrons. The summed E-state index contributed by atoms with van der Waals surface area (Å²) in [6.07, 6.45) is 13.5. The average molecular weight is 1060 g/mol. The zero-order valence-electron chi connectivity index (χ0n) is 45.1. The van der Waals surface area contributed by atoms with Crippen molar-refractivity contribution in [1.82, 2.24) is 49.4 Å². The maximum atomic E-state index is 14.4. The van der Waals surface area contributed by atoms with Crippen LogP contribution in [0, 0.1) is 35.5 Å². The molecule has 6 aromatic rings. The molecule has 17 nitrogen and oxygen atoms in total. The van der Waals surface area contributed by atoms with E-state index in [0.717, 1.165) is 159 Å². The van der Waals surface area contributed by atoms with Crippen molar-refractivity contribution >= 4 is 34.9 Å². The predicted molar refractivity (Wildman–Crippen MR) is 292 cm³/mol. The molecule has 1 aliphatic carbocycles. The minimum Gasteiger partial charge on any atom is -0.381 e. The van der Waals surface area contributed by atoms with E-state index in [9.17, 15) is 28.9 Å². The molecule has 12 rings (SSSR count). The van der Waals surface area contributed by atoms with Crippen LogP contribution in [0.2, 0.25) is 0 Å². The van der Waals surface area contributed by atoms with E-state index in [-0.39, 0.29) is 29.5 Å². The van der Waals surface area contributed by atoms with Crippen molar-refractivity contribution in [2.75, 3.05) is 56.2 Å². The SMILES string of the molecule is CCC(=O)N1CCc2c(c(N3CCCc4cc(-c5cnn(C)c5)c(C(F)F)cc43)nn2C2CCC(C#N)CC2)C1.CNC(=O)N1CCc2c(c(N3CCCc4cc(-c5ccc(C)cn5)c(C#N)cc43)nn2C2CCOCC2)C1. The molecular weight excluding hydrogens is 991 g/mol. The fraction of sp³-hybridized carbons (Fsp3) is 0.492. The number of ether oxygens (including phenoxy) is 1. The molecule has 1 saturated heterocycles. The molecule has 1 N–H and O–H groups in total. The fourth-order valence-corrected chi connectivity index (χ4v) is 12.7. The number of hydrogen-bond donors (Lipinski definition) is 1. The number of carbonyl (C=O) groups excluding carboxylic acids is 2. The summed E-state index contributed by atoms with van der Waals surface area (Å²) >= 11 is 0. The number of nitrogens with zero attached hydrogens (tertiary/aromatic N) is 13. The van der Waals surface area contributed by atoms with Crippen LogP contribution >= 0.6 is 0 Å². The van der Waals surface area contributed by atoms with Crippen LogP contribution in [0.25, 0.3) is 22.4 Å². The van der Waals surface area contributed by atoms with E-state index < -0.39 is 6.43 Å². The molecule has 19 heteroatoms. The van der Waals surface area contributed by atoms with E-state index in [4.69, 9.17) is 14.9 Å². The van der Waals surface area contributed by atoms with Crippen LogP contribution in [-0.4, -0.2) is 103 Å². The lowest BCUT2D eigenvalue weighted by atomic mass is 9.87. The van der Waals surface area contributed by atoms with Gasteiger partial charge in [0.05, 0.1) is 54.8 Å². The van der Waals surface area contributed by atoms with Gasteiger partial charge in [0, 0.05) is 142 Å². The molecule has 78 heavy (non-hydrogen) atoms. The number of aromatic nitrogens is 7. The molecule has 4 aromatic heterocycles. The van der Waals surface area contributed by atoms with Gasteiger partial charge in [-0.15, -0.1) is 0 Å². The lowest BCUT2D eigenvalue weighted by molar-refractivity contribution is -0.131. The van der Waals surface area contributed by atoms with Gasteiger partial charge in [-0.1, -0.05) is 13.0 Å². The molecule has 0 spiro atoms. The first-order chi connectivity index (χ1) is 37.9. The maximum Gasteiger partial charge on any atom is 0.317 e. The van der Waals surface area contributed by atoms with Gasteiger partial charge in [-0.3, -0.25) is 23.8 Å². The predicted octanol–water partition coefficient (Wildman–Crippen LogP) is 10.1. The highest BCUT2D eigenvalue weighted by molar-refractivity contribution is 5.81. The zero-order valence-corrected chi connectivity index (χ0v) is 45.1. The number of urea groups is 1. The van der Waals surface area contributed by atoms with E-state index in [0.29, 0.717) is 61.9 Å². The Labute approximate surface area is 454 Å². The number of nitrogens with one attached hydrogen (secondary N) is 1. The van der Waals surface area contributed by atoms with Crippen LogP contribution in [0.15, 0.2) is 55.0 Å². The van der Waals surface area contributed by atoms with Gasteiger partial charge in [0.25, 0.3) is 6.43 Å². The number of halogens is 2. The highest BCUT2D eigenvalue weighted by atomic mass is 19.3. The first-order valence-corrected chi connectivity index (χ1v) is 27.9. The second-order valence-electron chi connectivity index (χ2n) is 21.7. The minimum absolute atomic E-state index is 0.00966. The van der Waals surface area contributed by atoms with E-state index >= 15 is 0 Å². The van der Waals surface area contributed by atoms with E-state index in [1.807, 2.05) is 54.1 Å². The van der Waals surface area contributed by atoms with Gasteiger partial charge in [-0.05, 0) is 124 Å². The summed E-state index contributed by atoms with van der Waals surface area (Å²) in [6.45, 7) is 9.19. The number of pyridine rings is 1. The van der Waals surface area contributed by atoms with Gasteiger partial charge < -0.3 is 29.7 Å². The summed E-state index contributed by atoms with van der Waals surface area (Å²) < 4.78 is 40.5. The highest BCUT2D eigenvalue weighted by Crippen LogP contribution is 2.46. The number of aryl methyl sites for hydroxylation is 4. The second kappa shape index (κ2) is 22.4. The topological polar surface area (TPSA) is 182 Å². The third kappa shape index (κ3) is 10.1. The third-order valence-corrected chi connectivity index (χ3v) is 16.8. The molecule has 6 aliphatic rings. The lowest BCUT2D eigenvalue weighted by Crippen LogP contribution is -2.42. The molecule has 406 valence electrons. The van der Waals surface area contributed by atoms with Crippen molar-refractivity contribution in [3.05, 3.63) is 105 Å². The van der Waals surface area contributed by atoms with E-state index in [1.54, 1.807) is 37.2 Å². The number of hydrogen-bond acceptors (Lipinski definition) is 11. The Morgan fingerprint density at radius 3 is 1.96 bits per heavy atom. The van der Waals surface area contributed by atoms with Gasteiger partial charge in [0.2, 0.25) is 5.91 Å². The number of benzene rings is 2. The smallest absolute Gasteiger partial charge is 0.317 e. The highest BCUT2D eigenvalue weighted by Gasteiger charge is 2.37. The van der Waals surface area contributed by atoms with Gasteiger partial charge in [0.15, 0.2) is 11.6 Å².